The Morgan fingerprint density at radius 3 is 2.59 bits per heavy atom. The van der Waals surface area contributed by atoms with Gasteiger partial charge in [0.2, 0.25) is 0 Å². The molecule has 0 saturated heterocycles. The number of nitrogens with one attached hydrogen (secondary N) is 2. The molecule has 1 saturated carbocycles. The monoisotopic (exact) mass is 234 g/mol. The maximum Gasteiger partial charge on any atom is 0.118 e. The standard InChI is InChI=1S/C14H22N2O/c1-17-14-7-3-12(4-8-14)11-15-9-2-10-16-13-5-6-13/h3-4,7-8,13,15-16H,2,5-6,9-11H2,1H3. The minimum atomic E-state index is 0.830. The fourth-order valence-corrected chi connectivity index (χ4v) is 1.78. The molecule has 1 aliphatic carbocycles. The van der Waals surface area contributed by atoms with Crippen molar-refractivity contribution in [2.24, 2.45) is 0 Å². The normalized spacial score (nSPS) is 14.9. The van der Waals surface area contributed by atoms with Crippen LogP contribution in [0, 0.1) is 0 Å². The molecule has 0 heterocycles. The molecule has 0 radical (unpaired) electrons. The molecular formula is C14H22N2O. The first-order valence-electron chi connectivity index (χ1n) is 6.45. The first kappa shape index (κ1) is 12.4. The lowest BCUT2D eigenvalue weighted by Crippen LogP contribution is -2.23. The minimum Gasteiger partial charge on any atom is -0.497 e. The molecule has 1 aromatic carbocycles. The zero-order chi connectivity index (χ0) is 11.9. The lowest BCUT2D eigenvalue weighted by molar-refractivity contribution is 0.414. The van der Waals surface area contributed by atoms with Gasteiger partial charge in [-0.1, -0.05) is 12.1 Å². The lowest BCUT2D eigenvalue weighted by Gasteiger charge is -2.06. The zero-order valence-electron chi connectivity index (χ0n) is 10.5. The first-order valence-corrected chi connectivity index (χ1v) is 6.45. The third-order valence-electron chi connectivity index (χ3n) is 3.03. The van der Waals surface area contributed by atoms with Crippen LogP contribution in [0.2, 0.25) is 0 Å². The van der Waals surface area contributed by atoms with E-state index in [0.29, 0.717) is 0 Å². The van der Waals surface area contributed by atoms with E-state index in [-0.39, 0.29) is 0 Å². The number of hydrogen-bond acceptors (Lipinski definition) is 3. The molecule has 0 unspecified atom stereocenters. The van der Waals surface area contributed by atoms with Crippen LogP contribution in [0.5, 0.6) is 5.75 Å². The van der Waals surface area contributed by atoms with Crippen molar-refractivity contribution in [2.75, 3.05) is 20.2 Å². The molecule has 2 N–H and O–H groups in total. The van der Waals surface area contributed by atoms with Crippen LogP contribution >= 0.6 is 0 Å². The lowest BCUT2D eigenvalue weighted by atomic mass is 10.2. The summed E-state index contributed by atoms with van der Waals surface area (Å²) in [5, 5.41) is 6.97. The average molecular weight is 234 g/mol. The third kappa shape index (κ3) is 4.75. The smallest absolute Gasteiger partial charge is 0.118 e. The number of benzene rings is 1. The Labute approximate surface area is 104 Å². The first-order chi connectivity index (χ1) is 8.38. The number of rotatable bonds is 8. The average Bonchev–Trinajstić information content (AvgIpc) is 3.18. The van der Waals surface area contributed by atoms with Crippen molar-refractivity contribution in [3.63, 3.8) is 0 Å². The van der Waals surface area contributed by atoms with Gasteiger partial charge in [-0.2, -0.15) is 0 Å². The van der Waals surface area contributed by atoms with Gasteiger partial charge in [-0.15, -0.1) is 0 Å². The molecule has 0 atom stereocenters. The van der Waals surface area contributed by atoms with E-state index in [9.17, 15) is 0 Å². The van der Waals surface area contributed by atoms with E-state index in [1.54, 1.807) is 7.11 Å². The van der Waals surface area contributed by atoms with Crippen LogP contribution in [0.1, 0.15) is 24.8 Å². The Hall–Kier alpha value is -1.06. The molecule has 94 valence electrons. The molecule has 0 aromatic heterocycles. The molecule has 0 bridgehead atoms. The van der Waals surface area contributed by atoms with Crippen molar-refractivity contribution in [2.45, 2.75) is 31.8 Å². The summed E-state index contributed by atoms with van der Waals surface area (Å²) in [7, 11) is 1.69. The molecule has 2 rings (SSSR count). The Kier molecular flexibility index (Phi) is 4.83. The van der Waals surface area contributed by atoms with Crippen molar-refractivity contribution < 1.29 is 4.74 Å². The van der Waals surface area contributed by atoms with Crippen LogP contribution in [0.3, 0.4) is 0 Å². The predicted octanol–water partition coefficient (Wildman–Crippen LogP) is 1.93. The van der Waals surface area contributed by atoms with Crippen LogP contribution in [0.25, 0.3) is 0 Å². The maximum atomic E-state index is 5.13. The number of hydrogen-bond donors (Lipinski definition) is 2. The molecule has 3 heteroatoms. The van der Waals surface area contributed by atoms with Gasteiger partial charge >= 0.3 is 0 Å². The summed E-state index contributed by atoms with van der Waals surface area (Å²) in [5.41, 5.74) is 1.31. The number of methoxy groups -OCH3 is 1. The van der Waals surface area contributed by atoms with Gasteiger partial charge in [0.15, 0.2) is 0 Å². The summed E-state index contributed by atoms with van der Waals surface area (Å²) in [5.74, 6) is 0.919. The highest BCUT2D eigenvalue weighted by Crippen LogP contribution is 2.18. The SMILES string of the molecule is COc1ccc(CNCCCNC2CC2)cc1. The van der Waals surface area contributed by atoms with Crippen molar-refractivity contribution in [3.05, 3.63) is 29.8 Å². The molecule has 3 nitrogen and oxygen atoms in total. The fourth-order valence-electron chi connectivity index (χ4n) is 1.78. The summed E-state index contributed by atoms with van der Waals surface area (Å²) >= 11 is 0. The topological polar surface area (TPSA) is 33.3 Å². The van der Waals surface area contributed by atoms with Gasteiger partial charge in [0.05, 0.1) is 7.11 Å². The Morgan fingerprint density at radius 2 is 1.94 bits per heavy atom. The summed E-state index contributed by atoms with van der Waals surface area (Å²) in [6.07, 6.45) is 3.95. The molecule has 1 aromatic rings. The van der Waals surface area contributed by atoms with Gasteiger partial charge in [-0.25, -0.2) is 0 Å². The van der Waals surface area contributed by atoms with Gasteiger partial charge in [-0.05, 0) is 50.0 Å². The highest BCUT2D eigenvalue weighted by Gasteiger charge is 2.19. The summed E-state index contributed by atoms with van der Waals surface area (Å²) in [4.78, 5) is 0. The number of ether oxygens (including phenoxy) is 1. The largest absolute Gasteiger partial charge is 0.497 e. The quantitative estimate of drug-likeness (QED) is 0.674. The van der Waals surface area contributed by atoms with Gasteiger partial charge in [0.25, 0.3) is 0 Å². The van der Waals surface area contributed by atoms with E-state index in [1.165, 1.54) is 24.8 Å². The molecule has 17 heavy (non-hydrogen) atoms. The Morgan fingerprint density at radius 1 is 1.18 bits per heavy atom. The van der Waals surface area contributed by atoms with E-state index in [2.05, 4.69) is 22.8 Å². The van der Waals surface area contributed by atoms with Crippen LogP contribution < -0.4 is 15.4 Å². The summed E-state index contributed by atoms with van der Waals surface area (Å²) < 4.78 is 5.13. The summed E-state index contributed by atoms with van der Waals surface area (Å²) in [6, 6.07) is 9.05. The van der Waals surface area contributed by atoms with Crippen LogP contribution in [0.15, 0.2) is 24.3 Å². The summed E-state index contributed by atoms with van der Waals surface area (Å²) in [6.45, 7) is 3.15. The Balaban J connectivity index is 1.53. The van der Waals surface area contributed by atoms with Crippen LogP contribution in [0.4, 0.5) is 0 Å². The maximum absolute atomic E-state index is 5.13. The second-order valence-electron chi connectivity index (χ2n) is 4.61. The highest BCUT2D eigenvalue weighted by molar-refractivity contribution is 5.26. The van der Waals surface area contributed by atoms with E-state index < -0.39 is 0 Å². The van der Waals surface area contributed by atoms with Gasteiger partial charge < -0.3 is 15.4 Å². The van der Waals surface area contributed by atoms with E-state index >= 15 is 0 Å². The highest BCUT2D eigenvalue weighted by atomic mass is 16.5. The van der Waals surface area contributed by atoms with E-state index in [4.69, 9.17) is 4.74 Å². The molecule has 0 spiro atoms. The van der Waals surface area contributed by atoms with E-state index in [1.807, 2.05) is 12.1 Å². The second kappa shape index (κ2) is 6.62. The van der Waals surface area contributed by atoms with Crippen molar-refractivity contribution >= 4 is 0 Å². The van der Waals surface area contributed by atoms with Gasteiger partial charge in [-0.3, -0.25) is 0 Å². The third-order valence-corrected chi connectivity index (χ3v) is 3.03. The fraction of sp³-hybridized carbons (Fsp3) is 0.571. The molecule has 1 aliphatic rings. The molecule has 0 aliphatic heterocycles. The molecular weight excluding hydrogens is 212 g/mol. The zero-order valence-corrected chi connectivity index (χ0v) is 10.5. The van der Waals surface area contributed by atoms with Crippen molar-refractivity contribution in [3.8, 4) is 5.75 Å². The van der Waals surface area contributed by atoms with Gasteiger partial charge in [0, 0.05) is 12.6 Å². The van der Waals surface area contributed by atoms with Crippen LogP contribution in [-0.4, -0.2) is 26.2 Å². The van der Waals surface area contributed by atoms with Crippen molar-refractivity contribution in [1.29, 1.82) is 0 Å². The molecule has 0 amide bonds. The second-order valence-corrected chi connectivity index (χ2v) is 4.61. The Bertz CT molecular complexity index is 319. The van der Waals surface area contributed by atoms with Crippen molar-refractivity contribution in [1.82, 2.24) is 10.6 Å². The predicted molar refractivity (Wildman–Crippen MR) is 70.3 cm³/mol. The van der Waals surface area contributed by atoms with Gasteiger partial charge in [0.1, 0.15) is 5.75 Å². The van der Waals surface area contributed by atoms with Crippen LogP contribution in [-0.2, 0) is 6.54 Å². The minimum absolute atomic E-state index is 0.830. The molecule has 1 fully saturated rings. The van der Waals surface area contributed by atoms with E-state index in [0.717, 1.165) is 31.4 Å².